The monoisotopic (exact) mass is 435 g/mol. The van der Waals surface area contributed by atoms with Gasteiger partial charge in [-0.25, -0.2) is 4.98 Å². The van der Waals surface area contributed by atoms with E-state index in [2.05, 4.69) is 36.6 Å². The van der Waals surface area contributed by atoms with Crippen molar-refractivity contribution in [1.82, 2.24) is 24.5 Å². The normalized spacial score (nSPS) is 16.5. The van der Waals surface area contributed by atoms with E-state index in [1.54, 1.807) is 12.1 Å². The summed E-state index contributed by atoms with van der Waals surface area (Å²) in [6, 6.07) is 5.88. The highest BCUT2D eigenvalue weighted by Crippen LogP contribution is 2.33. The number of β-amino-alcohol motifs (C(OH)–C–C–N with tert-alkyl or cyclic N) is 1. The van der Waals surface area contributed by atoms with Crippen molar-refractivity contribution in [2.45, 2.75) is 31.5 Å². The first-order valence-corrected chi connectivity index (χ1v) is 10.2. The van der Waals surface area contributed by atoms with Crippen LogP contribution < -0.4 is 10.6 Å². The fraction of sp³-hybridized carbons (Fsp3) is 0.350. The molecule has 11 heteroatoms. The first-order chi connectivity index (χ1) is 15.0. The second-order valence-electron chi connectivity index (χ2n) is 7.75. The molecule has 0 radical (unpaired) electrons. The Bertz CT molecular complexity index is 1250. The summed E-state index contributed by atoms with van der Waals surface area (Å²) in [5, 5.41) is 30.3. The van der Waals surface area contributed by atoms with Crippen molar-refractivity contribution in [3.63, 3.8) is 0 Å². The molecular formula is C20H18ClN9O. The first kappa shape index (κ1) is 19.5. The number of halogens is 1. The molecule has 2 aromatic heterocycles. The number of aromatic nitrogens is 4. The lowest BCUT2D eigenvalue weighted by Gasteiger charge is -2.36. The number of hydrogen-bond acceptors (Lipinski definition) is 8. The molecule has 5 rings (SSSR count). The zero-order valence-corrected chi connectivity index (χ0v) is 17.1. The number of nitriles is 1. The Kier molecular flexibility index (Phi) is 4.83. The van der Waals surface area contributed by atoms with E-state index in [1.165, 1.54) is 10.7 Å². The topological polar surface area (TPSA) is 119 Å². The minimum atomic E-state index is -0.320. The molecule has 0 unspecified atom stereocenters. The molecule has 10 nitrogen and oxygen atoms in total. The Morgan fingerprint density at radius 3 is 2.84 bits per heavy atom. The van der Waals surface area contributed by atoms with Gasteiger partial charge in [-0.15, -0.1) is 4.52 Å². The molecule has 0 spiro atoms. The maximum atomic E-state index is 9.53. The Labute approximate surface area is 182 Å². The molecule has 0 amide bonds. The standard InChI is InChI=1S/C20H18ClN9O/c1-23-16-7-24-19-18(25-13-2-3-13)27-20(28-30(16)19)26-15-5-11(6-22)4-12(17(15)21)8-29-9-14(31)10-29/h4-5,7,13-14,31H,2-3,8-10H2,(H2,25,26,27,28). The zero-order chi connectivity index (χ0) is 21.5. The lowest BCUT2D eigenvalue weighted by atomic mass is 10.1. The number of nitrogens with one attached hydrogen (secondary N) is 2. The second kappa shape index (κ2) is 7.67. The number of imidazole rings is 1. The van der Waals surface area contributed by atoms with Crippen molar-refractivity contribution < 1.29 is 5.11 Å². The molecule has 1 aliphatic heterocycles. The van der Waals surface area contributed by atoms with Crippen molar-refractivity contribution in [1.29, 1.82) is 5.26 Å². The molecule has 156 valence electrons. The van der Waals surface area contributed by atoms with E-state index in [1.807, 2.05) is 4.90 Å². The van der Waals surface area contributed by atoms with Gasteiger partial charge in [-0.3, -0.25) is 4.90 Å². The SMILES string of the molecule is [C-]#[N+]c1cnc2c(NC3CC3)nc(Nc3cc(C#N)cc(CN4CC(O)C4)c3Cl)nn12. The minimum Gasteiger partial charge on any atom is -0.390 e. The van der Waals surface area contributed by atoms with Crippen LogP contribution in [0.4, 0.5) is 23.3 Å². The summed E-state index contributed by atoms with van der Waals surface area (Å²) in [6.07, 6.45) is 3.25. The molecule has 1 aliphatic carbocycles. The summed E-state index contributed by atoms with van der Waals surface area (Å²) in [4.78, 5) is 14.3. The molecule has 1 saturated carbocycles. The van der Waals surface area contributed by atoms with Crippen LogP contribution in [0.3, 0.4) is 0 Å². The van der Waals surface area contributed by atoms with Crippen LogP contribution in [0.2, 0.25) is 5.02 Å². The van der Waals surface area contributed by atoms with Gasteiger partial charge in [0.2, 0.25) is 0 Å². The van der Waals surface area contributed by atoms with Crippen LogP contribution in [-0.2, 0) is 6.54 Å². The van der Waals surface area contributed by atoms with Crippen molar-refractivity contribution >= 4 is 40.5 Å². The predicted molar refractivity (Wildman–Crippen MR) is 114 cm³/mol. The lowest BCUT2D eigenvalue weighted by Crippen LogP contribution is -2.49. The second-order valence-corrected chi connectivity index (χ2v) is 8.13. The number of aliphatic hydroxyl groups is 1. The smallest absolute Gasteiger partial charge is 0.275 e. The fourth-order valence-corrected chi connectivity index (χ4v) is 3.72. The van der Waals surface area contributed by atoms with Crippen LogP contribution in [0, 0.1) is 17.9 Å². The summed E-state index contributed by atoms with van der Waals surface area (Å²) in [5.41, 5.74) is 2.21. The van der Waals surface area contributed by atoms with Crippen LogP contribution in [-0.4, -0.2) is 54.8 Å². The highest BCUT2D eigenvalue weighted by molar-refractivity contribution is 6.34. The van der Waals surface area contributed by atoms with Crippen molar-refractivity contribution in [2.24, 2.45) is 0 Å². The minimum absolute atomic E-state index is 0.237. The van der Waals surface area contributed by atoms with Crippen molar-refractivity contribution in [3.05, 3.63) is 45.9 Å². The molecular weight excluding hydrogens is 418 g/mol. The average molecular weight is 436 g/mol. The highest BCUT2D eigenvalue weighted by Gasteiger charge is 2.27. The summed E-state index contributed by atoms with van der Waals surface area (Å²) in [7, 11) is 0. The van der Waals surface area contributed by atoms with Crippen LogP contribution in [0.5, 0.6) is 0 Å². The van der Waals surface area contributed by atoms with Crippen molar-refractivity contribution in [3.8, 4) is 6.07 Å². The number of benzene rings is 1. The van der Waals surface area contributed by atoms with Gasteiger partial charge in [0.25, 0.3) is 17.4 Å². The third kappa shape index (κ3) is 3.84. The number of aliphatic hydroxyl groups excluding tert-OH is 1. The van der Waals surface area contributed by atoms with Gasteiger partial charge in [-0.1, -0.05) is 23.3 Å². The summed E-state index contributed by atoms with van der Waals surface area (Å²) in [5.74, 6) is 1.05. The van der Waals surface area contributed by atoms with Crippen LogP contribution in [0.15, 0.2) is 18.3 Å². The molecule has 3 N–H and O–H groups in total. The first-order valence-electron chi connectivity index (χ1n) is 9.84. The molecule has 31 heavy (non-hydrogen) atoms. The number of nitrogens with zero attached hydrogens (tertiary/aromatic N) is 7. The highest BCUT2D eigenvalue weighted by atomic mass is 35.5. The summed E-state index contributed by atoms with van der Waals surface area (Å²) >= 11 is 6.64. The lowest BCUT2D eigenvalue weighted by molar-refractivity contribution is -0.00284. The van der Waals surface area contributed by atoms with Crippen LogP contribution in [0.1, 0.15) is 24.0 Å². The Hall–Kier alpha value is -3.44. The van der Waals surface area contributed by atoms with Crippen LogP contribution in [0.25, 0.3) is 10.5 Å². The Morgan fingerprint density at radius 1 is 1.35 bits per heavy atom. The van der Waals surface area contributed by atoms with Gasteiger partial charge in [-0.2, -0.15) is 10.2 Å². The molecule has 2 aliphatic rings. The van der Waals surface area contributed by atoms with E-state index < -0.39 is 0 Å². The zero-order valence-electron chi connectivity index (χ0n) is 16.4. The van der Waals surface area contributed by atoms with Crippen LogP contribution >= 0.6 is 11.6 Å². The predicted octanol–water partition coefficient (Wildman–Crippen LogP) is 2.69. The molecule has 0 bridgehead atoms. The molecule has 0 atom stereocenters. The van der Waals surface area contributed by atoms with Gasteiger partial charge < -0.3 is 20.6 Å². The fourth-order valence-electron chi connectivity index (χ4n) is 3.51. The third-order valence-corrected chi connectivity index (χ3v) is 5.68. The van der Waals surface area contributed by atoms with E-state index >= 15 is 0 Å². The van der Waals surface area contributed by atoms with E-state index in [0.29, 0.717) is 53.4 Å². The molecule has 1 saturated heterocycles. The molecule has 2 fully saturated rings. The molecule has 3 aromatic rings. The summed E-state index contributed by atoms with van der Waals surface area (Å²) in [6.45, 7) is 9.04. The van der Waals surface area contributed by atoms with Gasteiger partial charge in [0.05, 0.1) is 34.6 Å². The van der Waals surface area contributed by atoms with Gasteiger partial charge in [0, 0.05) is 25.7 Å². The largest absolute Gasteiger partial charge is 0.390 e. The molecule has 3 heterocycles. The van der Waals surface area contributed by atoms with Gasteiger partial charge >= 0.3 is 0 Å². The molecule has 1 aromatic carbocycles. The average Bonchev–Trinajstić information content (AvgIpc) is 3.45. The maximum absolute atomic E-state index is 9.53. The Balaban J connectivity index is 1.51. The van der Waals surface area contributed by atoms with Gasteiger partial charge in [0.15, 0.2) is 5.82 Å². The number of anilines is 3. The quantitative estimate of drug-likeness (QED) is 0.506. The third-order valence-electron chi connectivity index (χ3n) is 5.23. The van der Waals surface area contributed by atoms with Crippen molar-refractivity contribution in [2.75, 3.05) is 23.7 Å². The summed E-state index contributed by atoms with van der Waals surface area (Å²) < 4.78 is 1.44. The number of fused-ring (bicyclic) bond motifs is 1. The Morgan fingerprint density at radius 2 is 2.16 bits per heavy atom. The van der Waals surface area contributed by atoms with E-state index in [-0.39, 0.29) is 17.9 Å². The number of hydrogen-bond donors (Lipinski definition) is 3. The number of likely N-dealkylation sites (tertiary alicyclic amines) is 1. The van der Waals surface area contributed by atoms with Gasteiger partial charge in [0.1, 0.15) is 0 Å². The van der Waals surface area contributed by atoms with E-state index in [9.17, 15) is 10.4 Å². The van der Waals surface area contributed by atoms with E-state index in [0.717, 1.165) is 18.4 Å². The maximum Gasteiger partial charge on any atom is 0.275 e. The number of rotatable bonds is 6. The van der Waals surface area contributed by atoms with E-state index in [4.69, 9.17) is 18.2 Å². The van der Waals surface area contributed by atoms with Gasteiger partial charge in [-0.05, 0) is 30.5 Å².